The van der Waals surface area contributed by atoms with Gasteiger partial charge in [0.25, 0.3) is 0 Å². The van der Waals surface area contributed by atoms with Crippen molar-refractivity contribution in [2.24, 2.45) is 0 Å². The van der Waals surface area contributed by atoms with Gasteiger partial charge < -0.3 is 4.74 Å². The van der Waals surface area contributed by atoms with Crippen LogP contribution in [-0.2, 0) is 6.42 Å². The van der Waals surface area contributed by atoms with Gasteiger partial charge in [0.05, 0.1) is 0 Å². The lowest BCUT2D eigenvalue weighted by molar-refractivity contribution is -0.274. The van der Waals surface area contributed by atoms with E-state index in [1.54, 1.807) is 12.1 Å². The summed E-state index contributed by atoms with van der Waals surface area (Å²) in [6, 6.07) is 5.96. The molecule has 1 aromatic rings. The highest BCUT2D eigenvalue weighted by Gasteiger charge is 2.30. The average Bonchev–Trinajstić information content (AvgIpc) is 2.02. The van der Waals surface area contributed by atoms with E-state index in [9.17, 15) is 13.2 Å². The molecule has 0 fully saturated rings. The van der Waals surface area contributed by atoms with Gasteiger partial charge in [-0.2, -0.15) is 0 Å². The normalized spacial score (nSPS) is 11.4. The predicted octanol–water partition coefficient (Wildman–Crippen LogP) is 3.52. The minimum Gasteiger partial charge on any atom is -0.406 e. The first-order chi connectivity index (χ1) is 6.51. The number of benzene rings is 1. The topological polar surface area (TPSA) is 9.23 Å². The minimum absolute atomic E-state index is 0.170. The fourth-order valence-corrected chi connectivity index (χ4v) is 1.47. The van der Waals surface area contributed by atoms with E-state index in [2.05, 4.69) is 20.7 Å². The van der Waals surface area contributed by atoms with Crippen LogP contribution in [0.15, 0.2) is 24.3 Å². The molecule has 1 nitrogen and oxygen atoms in total. The maximum absolute atomic E-state index is 11.8. The Morgan fingerprint density at radius 3 is 2.57 bits per heavy atom. The number of alkyl halides is 4. The Morgan fingerprint density at radius 1 is 1.29 bits per heavy atom. The number of ether oxygens (including phenoxy) is 1. The van der Waals surface area contributed by atoms with Crippen molar-refractivity contribution in [2.45, 2.75) is 12.8 Å². The lowest BCUT2D eigenvalue weighted by atomic mass is 10.2. The second-order valence-corrected chi connectivity index (χ2v) is 3.43. The molecular formula is C9H8BrF3O. The third-order valence-electron chi connectivity index (χ3n) is 1.52. The molecule has 14 heavy (non-hydrogen) atoms. The second-order valence-electron chi connectivity index (χ2n) is 2.63. The molecule has 0 aliphatic carbocycles. The Morgan fingerprint density at radius 2 is 2.00 bits per heavy atom. The zero-order valence-electron chi connectivity index (χ0n) is 7.14. The second kappa shape index (κ2) is 4.68. The monoisotopic (exact) mass is 268 g/mol. The molecule has 0 aliphatic rings. The van der Waals surface area contributed by atoms with Crippen molar-refractivity contribution in [1.82, 2.24) is 0 Å². The molecule has 0 amide bonds. The van der Waals surface area contributed by atoms with Gasteiger partial charge in [0.1, 0.15) is 5.75 Å². The van der Waals surface area contributed by atoms with Gasteiger partial charge in [0.15, 0.2) is 0 Å². The number of aryl methyl sites for hydroxylation is 1. The largest absolute Gasteiger partial charge is 0.573 e. The molecule has 0 atom stereocenters. The van der Waals surface area contributed by atoms with E-state index < -0.39 is 6.36 Å². The average molecular weight is 269 g/mol. The Bertz CT molecular complexity index is 298. The van der Waals surface area contributed by atoms with Gasteiger partial charge in [-0.1, -0.05) is 28.1 Å². The first-order valence-corrected chi connectivity index (χ1v) is 5.04. The molecule has 0 N–H and O–H groups in total. The molecule has 1 aromatic carbocycles. The summed E-state index contributed by atoms with van der Waals surface area (Å²) in [5, 5.41) is 0.711. The van der Waals surface area contributed by atoms with Crippen molar-refractivity contribution in [3.05, 3.63) is 29.8 Å². The first-order valence-electron chi connectivity index (χ1n) is 3.92. The summed E-state index contributed by atoms with van der Waals surface area (Å²) < 4.78 is 39.3. The summed E-state index contributed by atoms with van der Waals surface area (Å²) in [6.45, 7) is 0. The molecule has 0 radical (unpaired) electrons. The quantitative estimate of drug-likeness (QED) is 0.763. The highest BCUT2D eigenvalue weighted by Crippen LogP contribution is 2.23. The van der Waals surface area contributed by atoms with Crippen LogP contribution in [0.4, 0.5) is 13.2 Å². The van der Waals surface area contributed by atoms with Crippen LogP contribution in [0.3, 0.4) is 0 Å². The highest BCUT2D eigenvalue weighted by molar-refractivity contribution is 9.09. The zero-order valence-corrected chi connectivity index (χ0v) is 8.73. The molecule has 0 saturated carbocycles. The molecule has 1 rings (SSSR count). The van der Waals surface area contributed by atoms with Gasteiger partial charge >= 0.3 is 6.36 Å². The lowest BCUT2D eigenvalue weighted by Gasteiger charge is -2.09. The van der Waals surface area contributed by atoms with Crippen molar-refractivity contribution < 1.29 is 17.9 Å². The maximum atomic E-state index is 11.8. The molecule has 0 unspecified atom stereocenters. The summed E-state index contributed by atoms with van der Waals surface area (Å²) in [5.41, 5.74) is 0.809. The fourth-order valence-electron chi connectivity index (χ4n) is 1.01. The summed E-state index contributed by atoms with van der Waals surface area (Å²) in [4.78, 5) is 0. The third kappa shape index (κ3) is 4.00. The summed E-state index contributed by atoms with van der Waals surface area (Å²) in [6.07, 6.45) is -3.94. The van der Waals surface area contributed by atoms with Crippen LogP contribution >= 0.6 is 15.9 Å². The number of hydrogen-bond donors (Lipinski definition) is 0. The summed E-state index contributed by atoms with van der Waals surface area (Å²) >= 11 is 3.21. The van der Waals surface area contributed by atoms with Gasteiger partial charge in [-0.25, -0.2) is 0 Å². The van der Waals surface area contributed by atoms with E-state index in [0.717, 1.165) is 5.56 Å². The van der Waals surface area contributed by atoms with Crippen LogP contribution in [0.5, 0.6) is 5.75 Å². The minimum atomic E-state index is -4.62. The molecular weight excluding hydrogens is 261 g/mol. The van der Waals surface area contributed by atoms with Crippen LogP contribution in [0.2, 0.25) is 0 Å². The van der Waals surface area contributed by atoms with E-state index in [0.29, 0.717) is 11.8 Å². The van der Waals surface area contributed by atoms with Crippen LogP contribution in [0.1, 0.15) is 5.56 Å². The van der Waals surface area contributed by atoms with Crippen molar-refractivity contribution >= 4 is 15.9 Å². The Hall–Kier alpha value is -0.710. The van der Waals surface area contributed by atoms with E-state index in [1.807, 2.05) is 0 Å². The van der Waals surface area contributed by atoms with Crippen molar-refractivity contribution in [1.29, 1.82) is 0 Å². The van der Waals surface area contributed by atoms with Gasteiger partial charge in [-0.05, 0) is 24.1 Å². The van der Waals surface area contributed by atoms with Crippen molar-refractivity contribution in [3.8, 4) is 5.75 Å². The molecule has 0 bridgehead atoms. The van der Waals surface area contributed by atoms with Gasteiger partial charge in [-0.15, -0.1) is 13.2 Å². The fraction of sp³-hybridized carbons (Fsp3) is 0.333. The zero-order chi connectivity index (χ0) is 10.6. The van der Waals surface area contributed by atoms with Crippen LogP contribution < -0.4 is 4.74 Å². The van der Waals surface area contributed by atoms with Gasteiger partial charge in [-0.3, -0.25) is 0 Å². The molecule has 78 valence electrons. The standard InChI is InChI=1S/C9H8BrF3O/c10-5-4-7-2-1-3-8(6-7)14-9(11,12)13/h1-3,6H,4-5H2. The van der Waals surface area contributed by atoms with E-state index in [4.69, 9.17) is 0 Å². The summed E-state index contributed by atoms with van der Waals surface area (Å²) in [5.74, 6) is -0.170. The highest BCUT2D eigenvalue weighted by atomic mass is 79.9. The molecule has 5 heteroatoms. The molecule has 0 aromatic heterocycles. The van der Waals surface area contributed by atoms with Crippen molar-refractivity contribution in [2.75, 3.05) is 5.33 Å². The molecule has 0 aliphatic heterocycles. The first kappa shape index (κ1) is 11.4. The van der Waals surface area contributed by atoms with Crippen molar-refractivity contribution in [3.63, 3.8) is 0 Å². The number of rotatable bonds is 3. The van der Waals surface area contributed by atoms with Gasteiger partial charge in [0.2, 0.25) is 0 Å². The smallest absolute Gasteiger partial charge is 0.406 e. The maximum Gasteiger partial charge on any atom is 0.573 e. The van der Waals surface area contributed by atoms with E-state index in [1.165, 1.54) is 12.1 Å². The Balaban J connectivity index is 2.73. The number of hydrogen-bond acceptors (Lipinski definition) is 1. The molecule has 0 heterocycles. The third-order valence-corrected chi connectivity index (χ3v) is 1.91. The molecule has 0 saturated heterocycles. The van der Waals surface area contributed by atoms with Crippen LogP contribution in [0.25, 0.3) is 0 Å². The SMILES string of the molecule is FC(F)(F)Oc1cccc(CCBr)c1. The Labute approximate surface area is 88.0 Å². The van der Waals surface area contributed by atoms with Crippen LogP contribution in [0, 0.1) is 0 Å². The van der Waals surface area contributed by atoms with Crippen LogP contribution in [-0.4, -0.2) is 11.7 Å². The lowest BCUT2D eigenvalue weighted by Crippen LogP contribution is -2.17. The van der Waals surface area contributed by atoms with E-state index >= 15 is 0 Å². The van der Waals surface area contributed by atoms with Gasteiger partial charge in [0, 0.05) is 5.33 Å². The molecule has 0 spiro atoms. The Kier molecular flexibility index (Phi) is 3.80. The number of halogens is 4. The predicted molar refractivity (Wildman–Crippen MR) is 50.6 cm³/mol. The summed E-state index contributed by atoms with van der Waals surface area (Å²) in [7, 11) is 0. The van der Waals surface area contributed by atoms with E-state index in [-0.39, 0.29) is 5.75 Å².